The highest BCUT2D eigenvalue weighted by molar-refractivity contribution is 5.95. The molecule has 0 aromatic carbocycles. The molecule has 16 nitrogen and oxygen atoms in total. The third kappa shape index (κ3) is 7.02. The van der Waals surface area contributed by atoms with E-state index >= 15 is 0 Å². The Morgan fingerprint density at radius 3 is 1.70 bits per heavy atom. The van der Waals surface area contributed by atoms with Gasteiger partial charge in [0, 0.05) is 61.2 Å². The van der Waals surface area contributed by atoms with Crippen molar-refractivity contribution in [3.8, 4) is 0 Å². The first-order chi connectivity index (χ1) is 22.1. The van der Waals surface area contributed by atoms with E-state index in [1.807, 2.05) is 19.4 Å². The SMILES string of the molecule is COCCN(CCOC)c1nc(N2CC(O)(C(F)(F)F)C2)c2nc(N(CCOC)CCOC)nc(N3CCn4ncnc4C3)c2n1. The zero-order valence-corrected chi connectivity index (χ0v) is 26.4. The van der Waals surface area contributed by atoms with Gasteiger partial charge in [0.05, 0.1) is 52.6 Å². The predicted octanol–water partition coefficient (Wildman–Crippen LogP) is 0.343. The van der Waals surface area contributed by atoms with E-state index in [4.69, 9.17) is 38.9 Å². The fourth-order valence-corrected chi connectivity index (χ4v) is 5.27. The van der Waals surface area contributed by atoms with E-state index in [9.17, 15) is 18.3 Å². The van der Waals surface area contributed by atoms with E-state index in [0.717, 1.165) is 5.82 Å². The molecule has 19 heteroatoms. The molecule has 1 N–H and O–H groups in total. The van der Waals surface area contributed by atoms with Crippen LogP contribution in [0.5, 0.6) is 0 Å². The minimum Gasteiger partial charge on any atom is -0.383 e. The molecule has 5 heterocycles. The molecule has 46 heavy (non-hydrogen) atoms. The topological polar surface area (TPSA) is 152 Å². The number of alkyl halides is 3. The first-order valence-electron chi connectivity index (χ1n) is 14.8. The second-order valence-corrected chi connectivity index (χ2v) is 11.0. The maximum absolute atomic E-state index is 13.8. The summed E-state index contributed by atoms with van der Waals surface area (Å²) in [5.74, 6) is 1.89. The molecule has 2 aliphatic rings. The van der Waals surface area contributed by atoms with E-state index in [1.54, 1.807) is 28.4 Å². The number of ether oxygens (including phenoxy) is 4. The van der Waals surface area contributed by atoms with E-state index in [1.165, 1.54) is 11.2 Å². The van der Waals surface area contributed by atoms with Crippen LogP contribution >= 0.6 is 0 Å². The first kappa shape index (κ1) is 33.7. The number of methoxy groups -OCH3 is 4. The fraction of sp³-hybridized carbons (Fsp3) is 0.704. The summed E-state index contributed by atoms with van der Waals surface area (Å²) in [7, 11) is 6.31. The van der Waals surface area contributed by atoms with Crippen LogP contribution in [0.15, 0.2) is 6.33 Å². The minimum atomic E-state index is -4.82. The summed E-state index contributed by atoms with van der Waals surface area (Å²) in [4.78, 5) is 31.0. The van der Waals surface area contributed by atoms with Crippen LogP contribution in [0.2, 0.25) is 0 Å². The van der Waals surface area contributed by atoms with Gasteiger partial charge in [-0.15, -0.1) is 0 Å². The highest BCUT2D eigenvalue weighted by Gasteiger charge is 2.61. The first-order valence-corrected chi connectivity index (χ1v) is 14.8. The van der Waals surface area contributed by atoms with Gasteiger partial charge in [-0.05, 0) is 0 Å². The molecule has 3 aromatic rings. The van der Waals surface area contributed by atoms with Gasteiger partial charge in [0.15, 0.2) is 17.2 Å². The summed E-state index contributed by atoms with van der Waals surface area (Å²) in [6.07, 6.45) is -3.32. The molecule has 5 rings (SSSR count). The highest BCUT2D eigenvalue weighted by Crippen LogP contribution is 2.42. The van der Waals surface area contributed by atoms with Crippen molar-refractivity contribution in [2.75, 3.05) is 120 Å². The number of β-amino-alcohol motifs (C(OH)–C–C–N with tert-alkyl or cyclic N) is 1. The number of fused-ring (bicyclic) bond motifs is 2. The van der Waals surface area contributed by atoms with E-state index < -0.39 is 24.9 Å². The second-order valence-electron chi connectivity index (χ2n) is 11.0. The van der Waals surface area contributed by atoms with Gasteiger partial charge in [-0.3, -0.25) is 0 Å². The highest BCUT2D eigenvalue weighted by atomic mass is 19.4. The molecule has 0 bridgehead atoms. The summed E-state index contributed by atoms with van der Waals surface area (Å²) >= 11 is 0. The number of halogens is 3. The standard InChI is InChI=1S/C27H40F3N11O5/c1-43-11-7-37(8-12-44-2)24-34-21-20(22(35-24)39-5-6-41-19(15-39)31-18-32-41)33-25(38(9-13-45-3)10-14-46-4)36-23(21)40-16-26(42,17-40)27(28,29)30/h18,42H,5-17H2,1-4H3. The maximum atomic E-state index is 13.8. The number of anilines is 4. The molecule has 254 valence electrons. The molecular weight excluding hydrogens is 615 g/mol. The Labute approximate surface area is 264 Å². The van der Waals surface area contributed by atoms with Crippen LogP contribution < -0.4 is 19.6 Å². The molecule has 2 aliphatic heterocycles. The number of aliphatic hydroxyl groups is 1. The number of rotatable bonds is 16. The number of hydrogen-bond acceptors (Lipinski definition) is 15. The lowest BCUT2D eigenvalue weighted by Gasteiger charge is -2.47. The van der Waals surface area contributed by atoms with Crippen molar-refractivity contribution in [1.29, 1.82) is 0 Å². The van der Waals surface area contributed by atoms with Gasteiger partial charge < -0.3 is 43.7 Å². The summed E-state index contributed by atoms with van der Waals surface area (Å²) in [6.45, 7) is 3.05. The number of nitrogens with zero attached hydrogens (tertiary/aromatic N) is 11. The molecule has 1 fully saturated rings. The Morgan fingerprint density at radius 2 is 1.24 bits per heavy atom. The van der Waals surface area contributed by atoms with Gasteiger partial charge in [0.2, 0.25) is 11.9 Å². The van der Waals surface area contributed by atoms with E-state index in [2.05, 4.69) is 10.1 Å². The Kier molecular flexibility index (Phi) is 10.6. The largest absolute Gasteiger partial charge is 0.420 e. The van der Waals surface area contributed by atoms with Crippen molar-refractivity contribution >= 4 is 34.6 Å². The predicted molar refractivity (Wildman–Crippen MR) is 161 cm³/mol. The molecular formula is C27H40F3N11O5. The molecule has 0 radical (unpaired) electrons. The molecule has 0 saturated carbocycles. The third-order valence-electron chi connectivity index (χ3n) is 7.95. The van der Waals surface area contributed by atoms with Gasteiger partial charge in [0.1, 0.15) is 23.2 Å². The quantitative estimate of drug-likeness (QED) is 0.226. The summed E-state index contributed by atoms with van der Waals surface area (Å²) < 4.78 is 64.4. The van der Waals surface area contributed by atoms with Crippen molar-refractivity contribution in [1.82, 2.24) is 34.7 Å². The number of hydrogen-bond donors (Lipinski definition) is 1. The third-order valence-corrected chi connectivity index (χ3v) is 7.95. The summed E-state index contributed by atoms with van der Waals surface area (Å²) in [6, 6.07) is 0. The van der Waals surface area contributed by atoms with Crippen LogP contribution in [0.1, 0.15) is 5.82 Å². The van der Waals surface area contributed by atoms with Crippen molar-refractivity contribution in [2.24, 2.45) is 0 Å². The zero-order chi connectivity index (χ0) is 32.9. The van der Waals surface area contributed by atoms with E-state index in [0.29, 0.717) is 89.5 Å². The lowest BCUT2D eigenvalue weighted by molar-refractivity contribution is -0.267. The molecule has 0 aliphatic carbocycles. The average molecular weight is 656 g/mol. The minimum absolute atomic E-state index is 0.150. The zero-order valence-electron chi connectivity index (χ0n) is 26.4. The Balaban J connectivity index is 1.70. The molecule has 0 atom stereocenters. The van der Waals surface area contributed by atoms with Gasteiger partial charge in [-0.1, -0.05) is 0 Å². The molecule has 0 spiro atoms. The lowest BCUT2D eigenvalue weighted by Crippen LogP contribution is -2.69. The monoisotopic (exact) mass is 655 g/mol. The van der Waals surface area contributed by atoms with Gasteiger partial charge in [-0.2, -0.15) is 28.2 Å². The van der Waals surface area contributed by atoms with E-state index in [-0.39, 0.29) is 17.3 Å². The maximum Gasteiger partial charge on any atom is 0.420 e. The Bertz CT molecular complexity index is 1440. The second kappa shape index (κ2) is 14.4. The lowest BCUT2D eigenvalue weighted by atomic mass is 9.93. The summed E-state index contributed by atoms with van der Waals surface area (Å²) in [5.41, 5.74) is -2.29. The van der Waals surface area contributed by atoms with Gasteiger partial charge in [0.25, 0.3) is 0 Å². The normalized spacial score (nSPS) is 16.1. The van der Waals surface area contributed by atoms with Crippen molar-refractivity contribution < 1.29 is 37.2 Å². The van der Waals surface area contributed by atoms with Crippen LogP contribution in [-0.2, 0) is 32.0 Å². The van der Waals surface area contributed by atoms with Crippen LogP contribution in [0, 0.1) is 0 Å². The van der Waals surface area contributed by atoms with Crippen LogP contribution in [0.3, 0.4) is 0 Å². The van der Waals surface area contributed by atoms with Crippen LogP contribution in [-0.4, -0.2) is 152 Å². The Hall–Kier alpha value is -3.65. The van der Waals surface area contributed by atoms with Crippen molar-refractivity contribution in [3.05, 3.63) is 12.2 Å². The average Bonchev–Trinajstić information content (AvgIpc) is 3.50. The van der Waals surface area contributed by atoms with Crippen molar-refractivity contribution in [2.45, 2.75) is 24.9 Å². The van der Waals surface area contributed by atoms with Gasteiger partial charge in [-0.25, -0.2) is 19.6 Å². The molecule has 0 amide bonds. The number of aromatic nitrogens is 7. The van der Waals surface area contributed by atoms with Crippen LogP contribution in [0.25, 0.3) is 11.0 Å². The fourth-order valence-electron chi connectivity index (χ4n) is 5.27. The molecule has 3 aromatic heterocycles. The van der Waals surface area contributed by atoms with Crippen LogP contribution in [0.4, 0.5) is 36.7 Å². The van der Waals surface area contributed by atoms with Gasteiger partial charge >= 0.3 is 6.18 Å². The van der Waals surface area contributed by atoms with Crippen molar-refractivity contribution in [3.63, 3.8) is 0 Å². The summed E-state index contributed by atoms with van der Waals surface area (Å²) in [5, 5.41) is 14.7. The Morgan fingerprint density at radius 1 is 0.761 bits per heavy atom. The smallest absolute Gasteiger partial charge is 0.383 e. The molecule has 1 saturated heterocycles. The molecule has 0 unspecified atom stereocenters.